The molecule has 94 valence electrons. The van der Waals surface area contributed by atoms with Gasteiger partial charge in [-0.25, -0.2) is 0 Å². The van der Waals surface area contributed by atoms with E-state index in [1.807, 2.05) is 20.8 Å². The van der Waals surface area contributed by atoms with Crippen LogP contribution in [0.25, 0.3) is 0 Å². The number of nitro groups is 1. The number of hydrogen-bond donors (Lipinski definition) is 1. The molecule has 1 aromatic carbocycles. The number of benzene rings is 1. The number of aryl methyl sites for hydroxylation is 1. The van der Waals surface area contributed by atoms with Crippen molar-refractivity contribution in [3.63, 3.8) is 0 Å². The number of rotatable bonds is 4. The summed E-state index contributed by atoms with van der Waals surface area (Å²) in [6, 6.07) is 3.19. The first-order valence-corrected chi connectivity index (χ1v) is 5.89. The van der Waals surface area contributed by atoms with Gasteiger partial charge in [0.05, 0.1) is 4.92 Å². The van der Waals surface area contributed by atoms with Gasteiger partial charge in [-0.1, -0.05) is 25.4 Å². The molecule has 17 heavy (non-hydrogen) atoms. The molecule has 1 unspecified atom stereocenters. The summed E-state index contributed by atoms with van der Waals surface area (Å²) < 4.78 is 0. The summed E-state index contributed by atoms with van der Waals surface area (Å²) >= 11 is 5.88. The van der Waals surface area contributed by atoms with Gasteiger partial charge in [-0.3, -0.25) is 10.1 Å². The number of hydrogen-bond acceptors (Lipinski definition) is 3. The second kappa shape index (κ2) is 5.47. The summed E-state index contributed by atoms with van der Waals surface area (Å²) in [6.45, 7) is 5.94. The molecule has 0 saturated carbocycles. The van der Waals surface area contributed by atoms with E-state index < -0.39 is 4.92 Å². The van der Waals surface area contributed by atoms with Gasteiger partial charge in [0.15, 0.2) is 0 Å². The lowest BCUT2D eigenvalue weighted by molar-refractivity contribution is -0.384. The number of nitrogens with zero attached hydrogens (tertiary/aromatic N) is 1. The van der Waals surface area contributed by atoms with E-state index in [0.29, 0.717) is 12.3 Å². The molecule has 0 saturated heterocycles. The van der Waals surface area contributed by atoms with Crippen LogP contribution in [0, 0.1) is 23.0 Å². The minimum Gasteiger partial charge on any atom is -0.327 e. The summed E-state index contributed by atoms with van der Waals surface area (Å²) in [5.41, 5.74) is 7.77. The molecule has 0 aliphatic rings. The highest BCUT2D eigenvalue weighted by atomic mass is 35.5. The standard InChI is InChI=1S/C12H17ClN2O2/c1-7(2)11(14)6-9-5-10(13)12(15(16)17)4-8(9)3/h4-5,7,11H,6,14H2,1-3H3. The van der Waals surface area contributed by atoms with E-state index in [9.17, 15) is 10.1 Å². The summed E-state index contributed by atoms with van der Waals surface area (Å²) in [5.74, 6) is 0.364. The Balaban J connectivity index is 3.03. The van der Waals surface area contributed by atoms with Gasteiger partial charge in [-0.2, -0.15) is 0 Å². The minimum atomic E-state index is -0.471. The molecule has 4 nitrogen and oxygen atoms in total. The van der Waals surface area contributed by atoms with Crippen LogP contribution in [0.4, 0.5) is 5.69 Å². The van der Waals surface area contributed by atoms with Crippen LogP contribution in [-0.4, -0.2) is 11.0 Å². The summed E-state index contributed by atoms with van der Waals surface area (Å²) in [6.07, 6.45) is 0.682. The Hall–Kier alpha value is -1.13. The predicted octanol–water partition coefficient (Wildman–Crippen LogP) is 3.08. The second-order valence-electron chi connectivity index (χ2n) is 4.60. The zero-order valence-electron chi connectivity index (χ0n) is 10.2. The second-order valence-corrected chi connectivity index (χ2v) is 5.01. The fraction of sp³-hybridized carbons (Fsp3) is 0.500. The Bertz CT molecular complexity index is 433. The molecule has 0 aliphatic heterocycles. The van der Waals surface area contributed by atoms with Crippen LogP contribution in [-0.2, 0) is 6.42 Å². The van der Waals surface area contributed by atoms with Crippen LogP contribution in [0.3, 0.4) is 0 Å². The van der Waals surface area contributed by atoms with E-state index in [1.54, 1.807) is 6.07 Å². The average Bonchev–Trinajstić information content (AvgIpc) is 2.22. The normalized spacial score (nSPS) is 12.8. The van der Waals surface area contributed by atoms with Crippen molar-refractivity contribution in [2.75, 3.05) is 0 Å². The SMILES string of the molecule is Cc1cc([N+](=O)[O-])c(Cl)cc1CC(N)C(C)C. The van der Waals surface area contributed by atoms with E-state index in [0.717, 1.165) is 11.1 Å². The van der Waals surface area contributed by atoms with Gasteiger partial charge >= 0.3 is 0 Å². The maximum absolute atomic E-state index is 10.7. The molecule has 0 fully saturated rings. The number of nitro benzene ring substituents is 1. The first kappa shape index (κ1) is 13.9. The van der Waals surface area contributed by atoms with Gasteiger partial charge in [0, 0.05) is 12.1 Å². The predicted molar refractivity (Wildman–Crippen MR) is 69.4 cm³/mol. The van der Waals surface area contributed by atoms with Gasteiger partial charge in [-0.15, -0.1) is 0 Å². The van der Waals surface area contributed by atoms with E-state index >= 15 is 0 Å². The van der Waals surface area contributed by atoms with E-state index in [2.05, 4.69) is 0 Å². The number of halogens is 1. The first-order valence-electron chi connectivity index (χ1n) is 5.52. The van der Waals surface area contributed by atoms with Crippen molar-refractivity contribution in [2.45, 2.75) is 33.2 Å². The van der Waals surface area contributed by atoms with Gasteiger partial charge in [0.1, 0.15) is 5.02 Å². The van der Waals surface area contributed by atoms with Crippen molar-refractivity contribution in [1.82, 2.24) is 0 Å². The van der Waals surface area contributed by atoms with E-state index in [4.69, 9.17) is 17.3 Å². The lowest BCUT2D eigenvalue weighted by atomic mass is 9.94. The zero-order valence-corrected chi connectivity index (χ0v) is 11.0. The minimum absolute atomic E-state index is 0.0335. The lowest BCUT2D eigenvalue weighted by Gasteiger charge is -2.17. The molecular formula is C12H17ClN2O2. The fourth-order valence-corrected chi connectivity index (χ4v) is 1.81. The molecule has 0 radical (unpaired) electrons. The van der Waals surface area contributed by atoms with Crippen LogP contribution in [0.2, 0.25) is 5.02 Å². The van der Waals surface area contributed by atoms with Crippen molar-refractivity contribution in [1.29, 1.82) is 0 Å². The highest BCUT2D eigenvalue weighted by molar-refractivity contribution is 6.32. The van der Waals surface area contributed by atoms with Gasteiger partial charge in [0.25, 0.3) is 5.69 Å². The topological polar surface area (TPSA) is 69.2 Å². The summed E-state index contributed by atoms with van der Waals surface area (Å²) in [5, 5.41) is 10.9. The lowest BCUT2D eigenvalue weighted by Crippen LogP contribution is -2.29. The Morgan fingerprint density at radius 2 is 2.06 bits per heavy atom. The molecule has 0 bridgehead atoms. The van der Waals surface area contributed by atoms with Crippen LogP contribution < -0.4 is 5.73 Å². The average molecular weight is 257 g/mol. The van der Waals surface area contributed by atoms with Crippen LogP contribution in [0.15, 0.2) is 12.1 Å². The Labute approximate surface area is 106 Å². The summed E-state index contributed by atoms with van der Waals surface area (Å²) in [4.78, 5) is 10.2. The van der Waals surface area contributed by atoms with Gasteiger partial charge < -0.3 is 5.73 Å². The molecule has 0 amide bonds. The maximum Gasteiger partial charge on any atom is 0.288 e. The molecule has 1 atom stereocenters. The summed E-state index contributed by atoms with van der Waals surface area (Å²) in [7, 11) is 0. The molecule has 0 aromatic heterocycles. The van der Waals surface area contributed by atoms with Gasteiger partial charge in [-0.05, 0) is 36.5 Å². The van der Waals surface area contributed by atoms with Crippen LogP contribution >= 0.6 is 11.6 Å². The smallest absolute Gasteiger partial charge is 0.288 e. The Morgan fingerprint density at radius 3 is 2.53 bits per heavy atom. The molecule has 5 heteroatoms. The quantitative estimate of drug-likeness (QED) is 0.665. The van der Waals surface area contributed by atoms with Crippen molar-refractivity contribution >= 4 is 17.3 Å². The highest BCUT2D eigenvalue weighted by Gasteiger charge is 2.17. The zero-order chi connectivity index (χ0) is 13.2. The number of nitrogens with two attached hydrogens (primary N) is 1. The van der Waals surface area contributed by atoms with Crippen LogP contribution in [0.1, 0.15) is 25.0 Å². The Morgan fingerprint density at radius 1 is 1.47 bits per heavy atom. The molecule has 2 N–H and O–H groups in total. The molecular weight excluding hydrogens is 240 g/mol. The third-order valence-electron chi connectivity index (χ3n) is 2.91. The Kier molecular flexibility index (Phi) is 4.48. The van der Waals surface area contributed by atoms with Crippen molar-refractivity contribution in [3.8, 4) is 0 Å². The van der Waals surface area contributed by atoms with Crippen molar-refractivity contribution < 1.29 is 4.92 Å². The molecule has 1 rings (SSSR count). The monoisotopic (exact) mass is 256 g/mol. The molecule has 1 aromatic rings. The molecule has 0 heterocycles. The van der Waals surface area contributed by atoms with Crippen LogP contribution in [0.5, 0.6) is 0 Å². The maximum atomic E-state index is 10.7. The van der Waals surface area contributed by atoms with Gasteiger partial charge in [0.2, 0.25) is 0 Å². The van der Waals surface area contributed by atoms with E-state index in [1.165, 1.54) is 6.07 Å². The van der Waals surface area contributed by atoms with Crippen molar-refractivity contribution in [3.05, 3.63) is 38.4 Å². The molecule has 0 spiro atoms. The third-order valence-corrected chi connectivity index (χ3v) is 3.22. The van der Waals surface area contributed by atoms with Crippen molar-refractivity contribution in [2.24, 2.45) is 11.7 Å². The fourth-order valence-electron chi connectivity index (χ4n) is 1.56. The highest BCUT2D eigenvalue weighted by Crippen LogP contribution is 2.28. The molecule has 0 aliphatic carbocycles. The van der Waals surface area contributed by atoms with E-state index in [-0.39, 0.29) is 16.8 Å². The first-order chi connectivity index (χ1) is 7.82. The third kappa shape index (κ3) is 3.41. The largest absolute Gasteiger partial charge is 0.327 e.